The summed E-state index contributed by atoms with van der Waals surface area (Å²) in [4.78, 5) is 8.64. The highest BCUT2D eigenvalue weighted by atomic mass is 35.5. The quantitative estimate of drug-likeness (QED) is 0.630. The number of aryl methyl sites for hydroxylation is 3. The van der Waals surface area contributed by atoms with Crippen LogP contribution in [0.4, 0.5) is 0 Å². The minimum Gasteiger partial charge on any atom is -0.271 e. The maximum absolute atomic E-state index is 6.43. The molecule has 114 valence electrons. The van der Waals surface area contributed by atoms with Crippen molar-refractivity contribution in [3.05, 3.63) is 40.2 Å². The van der Waals surface area contributed by atoms with Gasteiger partial charge in [0.25, 0.3) is 0 Å². The van der Waals surface area contributed by atoms with Gasteiger partial charge in [-0.15, -0.1) is 0 Å². The molecule has 0 bridgehead atoms. The maximum atomic E-state index is 6.43. The number of rotatable bonds is 6. The van der Waals surface area contributed by atoms with E-state index in [-0.39, 0.29) is 6.04 Å². The summed E-state index contributed by atoms with van der Waals surface area (Å²) < 4.78 is 1.92. The van der Waals surface area contributed by atoms with Gasteiger partial charge in [0, 0.05) is 19.2 Å². The van der Waals surface area contributed by atoms with Gasteiger partial charge in [-0.3, -0.25) is 25.9 Å². The van der Waals surface area contributed by atoms with Crippen molar-refractivity contribution in [1.82, 2.24) is 25.2 Å². The summed E-state index contributed by atoms with van der Waals surface area (Å²) in [5, 5.41) is 5.24. The molecule has 2 aromatic rings. The summed E-state index contributed by atoms with van der Waals surface area (Å²) in [6.45, 7) is 6.76. The van der Waals surface area contributed by atoms with Crippen molar-refractivity contribution >= 4 is 11.6 Å². The Morgan fingerprint density at radius 2 is 2.10 bits per heavy atom. The van der Waals surface area contributed by atoms with E-state index in [2.05, 4.69) is 20.5 Å². The molecule has 0 saturated carbocycles. The molecule has 7 heteroatoms. The van der Waals surface area contributed by atoms with E-state index in [1.807, 2.05) is 25.5 Å². The maximum Gasteiger partial charge on any atom is 0.0850 e. The topological polar surface area (TPSA) is 81.7 Å². The molecule has 0 amide bonds. The lowest BCUT2D eigenvalue weighted by atomic mass is 10.1. The summed E-state index contributed by atoms with van der Waals surface area (Å²) in [7, 11) is 0. The number of hydrogen-bond donors (Lipinski definition) is 2. The van der Waals surface area contributed by atoms with Gasteiger partial charge in [-0.25, -0.2) is 0 Å². The van der Waals surface area contributed by atoms with Crippen LogP contribution in [0.5, 0.6) is 0 Å². The van der Waals surface area contributed by atoms with Crippen LogP contribution in [0.25, 0.3) is 0 Å². The third-order valence-electron chi connectivity index (χ3n) is 3.45. The van der Waals surface area contributed by atoms with Crippen LogP contribution in [-0.2, 0) is 19.4 Å². The first kappa shape index (κ1) is 15.9. The SMILES string of the molecule is CCc1nn(CC)c(CC(NN)c2cnc(C)cn2)c1Cl. The lowest BCUT2D eigenvalue weighted by Crippen LogP contribution is -2.31. The minimum absolute atomic E-state index is 0.151. The fraction of sp³-hybridized carbons (Fsp3) is 0.500. The van der Waals surface area contributed by atoms with Crippen LogP contribution in [-0.4, -0.2) is 19.7 Å². The lowest BCUT2D eigenvalue weighted by Gasteiger charge is -2.16. The van der Waals surface area contributed by atoms with Crippen LogP contribution in [0.3, 0.4) is 0 Å². The molecule has 0 aliphatic carbocycles. The van der Waals surface area contributed by atoms with Gasteiger partial charge in [0.1, 0.15) is 0 Å². The van der Waals surface area contributed by atoms with Crippen LogP contribution in [0.2, 0.25) is 5.02 Å². The van der Waals surface area contributed by atoms with Crippen LogP contribution in [0, 0.1) is 6.92 Å². The molecule has 1 unspecified atom stereocenters. The molecule has 2 heterocycles. The Morgan fingerprint density at radius 1 is 1.33 bits per heavy atom. The second kappa shape index (κ2) is 6.98. The zero-order chi connectivity index (χ0) is 15.4. The summed E-state index contributed by atoms with van der Waals surface area (Å²) in [5.74, 6) is 5.68. The van der Waals surface area contributed by atoms with Gasteiger partial charge in [-0.05, 0) is 20.3 Å². The van der Waals surface area contributed by atoms with Crippen molar-refractivity contribution in [2.24, 2.45) is 5.84 Å². The van der Waals surface area contributed by atoms with E-state index in [0.29, 0.717) is 6.42 Å². The van der Waals surface area contributed by atoms with Crippen LogP contribution < -0.4 is 11.3 Å². The van der Waals surface area contributed by atoms with E-state index < -0.39 is 0 Å². The van der Waals surface area contributed by atoms with Crippen LogP contribution in [0.15, 0.2) is 12.4 Å². The van der Waals surface area contributed by atoms with E-state index in [1.54, 1.807) is 12.4 Å². The minimum atomic E-state index is -0.151. The first-order chi connectivity index (χ1) is 10.1. The first-order valence-electron chi connectivity index (χ1n) is 7.09. The molecular formula is C14H21ClN6. The molecule has 0 aromatic carbocycles. The molecule has 0 fully saturated rings. The molecule has 3 N–H and O–H groups in total. The first-order valence-corrected chi connectivity index (χ1v) is 7.47. The zero-order valence-corrected chi connectivity index (χ0v) is 13.4. The molecule has 6 nitrogen and oxygen atoms in total. The Balaban J connectivity index is 2.30. The molecule has 0 aliphatic rings. The number of halogens is 1. The van der Waals surface area contributed by atoms with Gasteiger partial charge in [0.05, 0.1) is 40.0 Å². The number of hydrogen-bond acceptors (Lipinski definition) is 5. The normalized spacial score (nSPS) is 12.6. The molecule has 0 radical (unpaired) electrons. The van der Waals surface area contributed by atoms with E-state index in [1.165, 1.54) is 0 Å². The van der Waals surface area contributed by atoms with E-state index in [0.717, 1.165) is 40.8 Å². The Labute approximate surface area is 129 Å². The summed E-state index contributed by atoms with van der Waals surface area (Å²) in [5.41, 5.74) is 6.35. The third kappa shape index (κ3) is 3.40. The van der Waals surface area contributed by atoms with Gasteiger partial charge < -0.3 is 0 Å². The predicted octanol–water partition coefficient (Wildman–Crippen LogP) is 1.96. The molecule has 0 spiro atoms. The fourth-order valence-electron chi connectivity index (χ4n) is 2.24. The largest absolute Gasteiger partial charge is 0.271 e. The smallest absolute Gasteiger partial charge is 0.0850 e. The number of nitrogens with zero attached hydrogens (tertiary/aromatic N) is 4. The molecule has 0 saturated heterocycles. The monoisotopic (exact) mass is 308 g/mol. The van der Waals surface area contributed by atoms with Crippen molar-refractivity contribution < 1.29 is 0 Å². The Hall–Kier alpha value is -1.50. The molecule has 2 rings (SSSR count). The summed E-state index contributed by atoms with van der Waals surface area (Å²) in [6.07, 6.45) is 4.90. The number of nitrogens with one attached hydrogen (secondary N) is 1. The van der Waals surface area contributed by atoms with Crippen molar-refractivity contribution in [3.8, 4) is 0 Å². The average molecular weight is 309 g/mol. The third-order valence-corrected chi connectivity index (χ3v) is 3.89. The molecule has 1 atom stereocenters. The summed E-state index contributed by atoms with van der Waals surface area (Å²) in [6, 6.07) is -0.151. The molecule has 21 heavy (non-hydrogen) atoms. The van der Waals surface area contributed by atoms with Crippen molar-refractivity contribution in [3.63, 3.8) is 0 Å². The average Bonchev–Trinajstić information content (AvgIpc) is 2.81. The standard InChI is InChI=1S/C14H21ClN6/c1-4-10-14(15)13(21(5-2)20-10)6-11(19-16)12-8-17-9(3)7-18-12/h7-8,11,19H,4-6,16H2,1-3H3. The number of hydrazine groups is 1. The van der Waals surface area contributed by atoms with Gasteiger partial charge in [-0.1, -0.05) is 18.5 Å². The van der Waals surface area contributed by atoms with E-state index in [4.69, 9.17) is 17.4 Å². The Morgan fingerprint density at radius 3 is 2.62 bits per heavy atom. The van der Waals surface area contributed by atoms with Gasteiger partial charge in [0.2, 0.25) is 0 Å². The lowest BCUT2D eigenvalue weighted by molar-refractivity contribution is 0.505. The van der Waals surface area contributed by atoms with Gasteiger partial charge in [0.15, 0.2) is 0 Å². The second-order valence-electron chi connectivity index (χ2n) is 4.88. The Kier molecular flexibility index (Phi) is 5.27. The van der Waals surface area contributed by atoms with Gasteiger partial charge in [-0.2, -0.15) is 5.10 Å². The van der Waals surface area contributed by atoms with Crippen molar-refractivity contribution in [1.29, 1.82) is 0 Å². The fourth-order valence-corrected chi connectivity index (χ4v) is 2.58. The molecular weight excluding hydrogens is 288 g/mol. The molecule has 2 aromatic heterocycles. The highest BCUT2D eigenvalue weighted by Gasteiger charge is 2.20. The Bertz CT molecular complexity index is 592. The summed E-state index contributed by atoms with van der Waals surface area (Å²) >= 11 is 6.43. The van der Waals surface area contributed by atoms with Gasteiger partial charge >= 0.3 is 0 Å². The number of aromatic nitrogens is 4. The van der Waals surface area contributed by atoms with Crippen LogP contribution in [0.1, 0.15) is 42.7 Å². The number of nitrogens with two attached hydrogens (primary N) is 1. The van der Waals surface area contributed by atoms with Crippen molar-refractivity contribution in [2.75, 3.05) is 0 Å². The highest BCUT2D eigenvalue weighted by Crippen LogP contribution is 2.26. The van der Waals surface area contributed by atoms with Crippen molar-refractivity contribution in [2.45, 2.75) is 46.2 Å². The zero-order valence-electron chi connectivity index (χ0n) is 12.6. The van der Waals surface area contributed by atoms with E-state index >= 15 is 0 Å². The molecule has 0 aliphatic heterocycles. The highest BCUT2D eigenvalue weighted by molar-refractivity contribution is 6.31. The van der Waals surface area contributed by atoms with E-state index in [9.17, 15) is 0 Å². The van der Waals surface area contributed by atoms with Crippen LogP contribution >= 0.6 is 11.6 Å². The second-order valence-corrected chi connectivity index (χ2v) is 5.26. The predicted molar refractivity (Wildman–Crippen MR) is 82.8 cm³/mol.